The summed E-state index contributed by atoms with van der Waals surface area (Å²) in [6, 6.07) is 12.1. The normalized spacial score (nSPS) is 13.2. The maximum absolute atomic E-state index is 12.8. The zero-order valence-corrected chi connectivity index (χ0v) is 18.1. The molecule has 0 saturated heterocycles. The van der Waals surface area contributed by atoms with Crippen LogP contribution in [0.3, 0.4) is 0 Å². The van der Waals surface area contributed by atoms with E-state index >= 15 is 0 Å². The summed E-state index contributed by atoms with van der Waals surface area (Å²) in [7, 11) is -2.23. The third kappa shape index (κ3) is 3.88. The lowest BCUT2D eigenvalue weighted by molar-refractivity contribution is -0.118. The van der Waals surface area contributed by atoms with Crippen LogP contribution in [-0.4, -0.2) is 38.2 Å². The molecule has 0 bridgehead atoms. The van der Waals surface area contributed by atoms with E-state index in [2.05, 4.69) is 14.9 Å². The van der Waals surface area contributed by atoms with Gasteiger partial charge >= 0.3 is 0 Å². The number of aromatic nitrogens is 2. The number of methoxy groups -OCH3 is 1. The van der Waals surface area contributed by atoms with Gasteiger partial charge < -0.3 is 9.64 Å². The zero-order valence-electron chi connectivity index (χ0n) is 16.5. The molecule has 2 heterocycles. The number of ether oxygens (including phenoxy) is 1. The quantitative estimate of drug-likeness (QED) is 0.626. The number of nitrogens with zero attached hydrogens (tertiary/aromatic N) is 3. The van der Waals surface area contributed by atoms with E-state index in [9.17, 15) is 13.2 Å². The molecular formula is C20H20N4O4S2. The molecule has 1 aliphatic rings. The molecule has 8 nitrogen and oxygen atoms in total. The minimum absolute atomic E-state index is 0.0300. The molecule has 3 aromatic rings. The molecule has 1 amide bonds. The SMILES string of the molecule is CCC(=O)N1CCc2cc(S(=O)(=O)Nc3nnc(-c4ccc(OC)cc4)s3)ccc21. The molecule has 10 heteroatoms. The molecule has 1 aromatic heterocycles. The van der Waals surface area contributed by atoms with Crippen LogP contribution >= 0.6 is 11.3 Å². The highest BCUT2D eigenvalue weighted by Gasteiger charge is 2.26. The molecule has 0 unspecified atom stereocenters. The number of anilines is 2. The van der Waals surface area contributed by atoms with Gasteiger partial charge in [-0.3, -0.25) is 9.52 Å². The molecule has 0 atom stereocenters. The van der Waals surface area contributed by atoms with Gasteiger partial charge in [-0.05, 0) is 54.4 Å². The van der Waals surface area contributed by atoms with Crippen LogP contribution in [-0.2, 0) is 21.2 Å². The second-order valence-electron chi connectivity index (χ2n) is 6.69. The standard InChI is InChI=1S/C20H20N4O4S2/c1-3-18(25)24-11-10-14-12-16(8-9-17(14)24)30(26,27)23-20-22-21-19(29-20)13-4-6-15(28-2)7-5-13/h4-9,12H,3,10-11H2,1-2H3,(H,22,23). The molecule has 0 fully saturated rings. The summed E-state index contributed by atoms with van der Waals surface area (Å²) in [5.41, 5.74) is 2.44. The third-order valence-corrected chi connectivity index (χ3v) is 7.20. The fourth-order valence-electron chi connectivity index (χ4n) is 3.28. The van der Waals surface area contributed by atoms with Crippen LogP contribution < -0.4 is 14.4 Å². The number of rotatable bonds is 6. The van der Waals surface area contributed by atoms with Gasteiger partial charge in [0.15, 0.2) is 0 Å². The van der Waals surface area contributed by atoms with Gasteiger partial charge in [-0.25, -0.2) is 8.42 Å². The first kappa shape index (κ1) is 20.3. The largest absolute Gasteiger partial charge is 0.497 e. The molecule has 0 saturated carbocycles. The van der Waals surface area contributed by atoms with Crippen molar-refractivity contribution in [2.75, 3.05) is 23.3 Å². The van der Waals surface area contributed by atoms with E-state index in [-0.39, 0.29) is 15.9 Å². The maximum atomic E-state index is 12.8. The molecule has 30 heavy (non-hydrogen) atoms. The highest BCUT2D eigenvalue weighted by Crippen LogP contribution is 2.32. The number of carbonyl (C=O) groups is 1. The number of nitrogens with one attached hydrogen (secondary N) is 1. The summed E-state index contributed by atoms with van der Waals surface area (Å²) in [4.78, 5) is 13.9. The Morgan fingerprint density at radius 2 is 1.97 bits per heavy atom. The van der Waals surface area contributed by atoms with Crippen LogP contribution in [0.15, 0.2) is 47.4 Å². The van der Waals surface area contributed by atoms with Crippen molar-refractivity contribution < 1.29 is 17.9 Å². The molecule has 0 radical (unpaired) electrons. The Hall–Kier alpha value is -2.98. The van der Waals surface area contributed by atoms with Gasteiger partial charge in [-0.2, -0.15) is 0 Å². The maximum Gasteiger partial charge on any atom is 0.263 e. The van der Waals surface area contributed by atoms with Gasteiger partial charge in [0.2, 0.25) is 11.0 Å². The summed E-state index contributed by atoms with van der Waals surface area (Å²) in [5.74, 6) is 0.752. The van der Waals surface area contributed by atoms with Gasteiger partial charge in [0.25, 0.3) is 10.0 Å². The molecule has 2 aromatic carbocycles. The second-order valence-corrected chi connectivity index (χ2v) is 9.35. The average molecular weight is 445 g/mol. The summed E-state index contributed by atoms with van der Waals surface area (Å²) in [5, 5.41) is 8.81. The lowest BCUT2D eigenvalue weighted by Crippen LogP contribution is -2.27. The number of sulfonamides is 1. The van der Waals surface area contributed by atoms with Crippen molar-refractivity contribution >= 4 is 38.1 Å². The van der Waals surface area contributed by atoms with E-state index in [4.69, 9.17) is 4.74 Å². The fourth-order valence-corrected chi connectivity index (χ4v) is 5.31. The summed E-state index contributed by atoms with van der Waals surface area (Å²) in [6.07, 6.45) is 1.04. The molecule has 1 aliphatic heterocycles. The highest BCUT2D eigenvalue weighted by atomic mass is 32.2. The van der Waals surface area contributed by atoms with Crippen LogP contribution in [0.2, 0.25) is 0 Å². The first-order valence-electron chi connectivity index (χ1n) is 9.35. The molecule has 0 aliphatic carbocycles. The van der Waals surface area contributed by atoms with E-state index in [1.807, 2.05) is 19.1 Å². The van der Waals surface area contributed by atoms with Crippen molar-refractivity contribution in [1.82, 2.24) is 10.2 Å². The van der Waals surface area contributed by atoms with Gasteiger partial charge in [0, 0.05) is 24.2 Å². The van der Waals surface area contributed by atoms with Crippen LogP contribution in [0.5, 0.6) is 5.75 Å². The number of hydrogen-bond acceptors (Lipinski definition) is 7. The first-order chi connectivity index (χ1) is 14.4. The molecular weight excluding hydrogens is 424 g/mol. The van der Waals surface area contributed by atoms with E-state index in [1.165, 1.54) is 6.07 Å². The van der Waals surface area contributed by atoms with Crippen LogP contribution in [0.4, 0.5) is 10.8 Å². The molecule has 156 valence electrons. The molecule has 0 spiro atoms. The van der Waals surface area contributed by atoms with Gasteiger partial charge in [-0.1, -0.05) is 18.3 Å². The van der Waals surface area contributed by atoms with Crippen LogP contribution in [0.1, 0.15) is 18.9 Å². The Balaban J connectivity index is 1.54. The Kier molecular flexibility index (Phi) is 5.44. The second kappa shape index (κ2) is 8.04. The highest BCUT2D eigenvalue weighted by molar-refractivity contribution is 7.93. The van der Waals surface area contributed by atoms with Gasteiger partial charge in [0.1, 0.15) is 10.8 Å². The topological polar surface area (TPSA) is 101 Å². The summed E-state index contributed by atoms with van der Waals surface area (Å²) in [6.45, 7) is 2.38. The average Bonchev–Trinajstić information content (AvgIpc) is 3.39. The number of hydrogen-bond donors (Lipinski definition) is 1. The van der Waals surface area contributed by atoms with Crippen molar-refractivity contribution in [1.29, 1.82) is 0 Å². The van der Waals surface area contributed by atoms with Crippen molar-refractivity contribution in [3.8, 4) is 16.3 Å². The van der Waals surface area contributed by atoms with Gasteiger partial charge in [0.05, 0.1) is 12.0 Å². The Labute approximate surface area is 178 Å². The third-order valence-electron chi connectivity index (χ3n) is 4.84. The van der Waals surface area contributed by atoms with E-state index in [0.29, 0.717) is 24.4 Å². The van der Waals surface area contributed by atoms with E-state index in [1.54, 1.807) is 36.3 Å². The van der Waals surface area contributed by atoms with Crippen molar-refractivity contribution in [2.45, 2.75) is 24.7 Å². The Bertz CT molecular complexity index is 1190. The number of fused-ring (bicyclic) bond motifs is 1. The number of amides is 1. The van der Waals surface area contributed by atoms with Crippen LogP contribution in [0.25, 0.3) is 10.6 Å². The predicted molar refractivity (Wildman–Crippen MR) is 115 cm³/mol. The summed E-state index contributed by atoms with van der Waals surface area (Å²) < 4.78 is 33.3. The van der Waals surface area contributed by atoms with Crippen molar-refractivity contribution in [3.05, 3.63) is 48.0 Å². The van der Waals surface area contributed by atoms with E-state index < -0.39 is 10.0 Å². The lowest BCUT2D eigenvalue weighted by Gasteiger charge is -2.16. The van der Waals surface area contributed by atoms with Gasteiger partial charge in [-0.15, -0.1) is 10.2 Å². The fraction of sp³-hybridized carbons (Fsp3) is 0.250. The van der Waals surface area contributed by atoms with E-state index in [0.717, 1.165) is 33.9 Å². The predicted octanol–water partition coefficient (Wildman–Crippen LogP) is 3.31. The van der Waals surface area contributed by atoms with Crippen LogP contribution in [0, 0.1) is 0 Å². The number of benzene rings is 2. The lowest BCUT2D eigenvalue weighted by atomic mass is 10.2. The van der Waals surface area contributed by atoms with Crippen molar-refractivity contribution in [3.63, 3.8) is 0 Å². The smallest absolute Gasteiger partial charge is 0.263 e. The van der Waals surface area contributed by atoms with Crippen molar-refractivity contribution in [2.24, 2.45) is 0 Å². The summed E-state index contributed by atoms with van der Waals surface area (Å²) >= 11 is 1.15. The Morgan fingerprint density at radius 1 is 1.20 bits per heavy atom. The minimum atomic E-state index is -3.82. The number of carbonyl (C=O) groups excluding carboxylic acids is 1. The zero-order chi connectivity index (χ0) is 21.3. The first-order valence-corrected chi connectivity index (χ1v) is 11.7. The molecule has 1 N–H and O–H groups in total. The Morgan fingerprint density at radius 3 is 2.67 bits per heavy atom. The minimum Gasteiger partial charge on any atom is -0.497 e. The molecule has 4 rings (SSSR count). The monoisotopic (exact) mass is 444 g/mol.